The largest absolute Gasteiger partial charge is 0.489 e. The number of nitrogens with zero attached hydrogens (tertiary/aromatic N) is 2. The summed E-state index contributed by atoms with van der Waals surface area (Å²) in [5.74, 6) is 0.687. The molecule has 0 aliphatic carbocycles. The molecular formula is C22H29N3O2. The Morgan fingerprint density at radius 3 is 2.52 bits per heavy atom. The molecule has 1 aliphatic heterocycles. The van der Waals surface area contributed by atoms with Crippen molar-refractivity contribution in [2.45, 2.75) is 39.3 Å². The topological polar surface area (TPSA) is 44.8 Å². The molecule has 1 saturated heterocycles. The summed E-state index contributed by atoms with van der Waals surface area (Å²) in [7, 11) is 1.82. The molecule has 0 radical (unpaired) electrons. The van der Waals surface area contributed by atoms with Crippen LogP contribution in [0, 0.1) is 0 Å². The minimum Gasteiger partial charge on any atom is -0.489 e. The summed E-state index contributed by atoms with van der Waals surface area (Å²) >= 11 is 0. The number of anilines is 2. The fraction of sp³-hybridized carbons (Fsp3) is 0.409. The van der Waals surface area contributed by atoms with Gasteiger partial charge < -0.3 is 19.9 Å². The van der Waals surface area contributed by atoms with E-state index in [1.54, 1.807) is 4.90 Å². The number of urea groups is 1. The number of rotatable bonds is 6. The van der Waals surface area contributed by atoms with Crippen LogP contribution in [-0.2, 0) is 6.54 Å². The van der Waals surface area contributed by atoms with Crippen LogP contribution in [0.25, 0.3) is 0 Å². The summed E-state index contributed by atoms with van der Waals surface area (Å²) in [4.78, 5) is 16.9. The molecule has 0 atom stereocenters. The number of benzene rings is 2. The average molecular weight is 367 g/mol. The quantitative estimate of drug-likeness (QED) is 0.802. The number of amides is 2. The number of ether oxygens (including phenoxy) is 1. The molecule has 1 fully saturated rings. The fourth-order valence-corrected chi connectivity index (χ4v) is 3.38. The number of hydrogen-bond acceptors (Lipinski definition) is 3. The Kier molecular flexibility index (Phi) is 6.22. The summed E-state index contributed by atoms with van der Waals surface area (Å²) in [6.45, 7) is 6.69. The Morgan fingerprint density at radius 2 is 1.78 bits per heavy atom. The van der Waals surface area contributed by atoms with Crippen LogP contribution in [-0.4, -0.2) is 37.2 Å². The van der Waals surface area contributed by atoms with E-state index in [9.17, 15) is 4.79 Å². The van der Waals surface area contributed by atoms with E-state index in [0.29, 0.717) is 18.0 Å². The van der Waals surface area contributed by atoms with Crippen molar-refractivity contribution < 1.29 is 9.53 Å². The Hall–Kier alpha value is -2.69. The number of nitrogens with one attached hydrogen (secondary N) is 1. The maximum Gasteiger partial charge on any atom is 0.321 e. The molecule has 1 aliphatic rings. The molecule has 0 saturated carbocycles. The third-order valence-corrected chi connectivity index (χ3v) is 4.68. The lowest BCUT2D eigenvalue weighted by Crippen LogP contribution is -2.32. The Morgan fingerprint density at radius 1 is 1.11 bits per heavy atom. The van der Waals surface area contributed by atoms with Gasteiger partial charge in [0.15, 0.2) is 0 Å². The van der Waals surface area contributed by atoms with Crippen LogP contribution in [0.4, 0.5) is 16.2 Å². The maximum absolute atomic E-state index is 12.7. The SMILES string of the molecule is CC(C)Oc1ccccc1NC(=O)N(C)Cc1ccccc1N1CCCC1. The van der Waals surface area contributed by atoms with Gasteiger partial charge in [0.25, 0.3) is 0 Å². The molecule has 0 spiro atoms. The summed E-state index contributed by atoms with van der Waals surface area (Å²) < 4.78 is 5.79. The second kappa shape index (κ2) is 8.80. The van der Waals surface area contributed by atoms with E-state index in [-0.39, 0.29) is 12.1 Å². The van der Waals surface area contributed by atoms with Crippen molar-refractivity contribution in [2.75, 3.05) is 30.4 Å². The summed E-state index contributed by atoms with van der Waals surface area (Å²) in [5.41, 5.74) is 3.10. The van der Waals surface area contributed by atoms with Gasteiger partial charge in [-0.3, -0.25) is 0 Å². The Labute approximate surface area is 161 Å². The van der Waals surface area contributed by atoms with Gasteiger partial charge in [-0.15, -0.1) is 0 Å². The van der Waals surface area contributed by atoms with Crippen molar-refractivity contribution in [1.82, 2.24) is 4.90 Å². The number of para-hydroxylation sites is 3. The van der Waals surface area contributed by atoms with E-state index >= 15 is 0 Å². The molecule has 27 heavy (non-hydrogen) atoms. The van der Waals surface area contributed by atoms with E-state index in [1.807, 2.05) is 51.2 Å². The highest BCUT2D eigenvalue weighted by Gasteiger charge is 2.18. The van der Waals surface area contributed by atoms with Gasteiger partial charge in [-0.25, -0.2) is 4.79 Å². The zero-order chi connectivity index (χ0) is 19.2. The predicted molar refractivity (Wildman–Crippen MR) is 111 cm³/mol. The second-order valence-corrected chi connectivity index (χ2v) is 7.27. The third-order valence-electron chi connectivity index (χ3n) is 4.68. The molecule has 0 bridgehead atoms. The first-order valence-corrected chi connectivity index (χ1v) is 9.65. The van der Waals surface area contributed by atoms with E-state index < -0.39 is 0 Å². The molecule has 2 aromatic carbocycles. The monoisotopic (exact) mass is 367 g/mol. The average Bonchev–Trinajstić information content (AvgIpc) is 3.18. The molecule has 1 heterocycles. The van der Waals surface area contributed by atoms with E-state index in [1.165, 1.54) is 24.1 Å². The first-order valence-electron chi connectivity index (χ1n) is 9.65. The van der Waals surface area contributed by atoms with Crippen LogP contribution in [0.5, 0.6) is 5.75 Å². The van der Waals surface area contributed by atoms with Gasteiger partial charge in [0.05, 0.1) is 11.8 Å². The van der Waals surface area contributed by atoms with E-state index in [2.05, 4.69) is 28.4 Å². The fourth-order valence-electron chi connectivity index (χ4n) is 3.38. The minimum absolute atomic E-state index is 0.0492. The van der Waals surface area contributed by atoms with Gasteiger partial charge in [-0.05, 0) is 50.5 Å². The molecule has 5 nitrogen and oxygen atoms in total. The molecule has 0 aromatic heterocycles. The van der Waals surface area contributed by atoms with Crippen molar-refractivity contribution in [2.24, 2.45) is 0 Å². The minimum atomic E-state index is -0.147. The van der Waals surface area contributed by atoms with Crippen LogP contribution in [0.15, 0.2) is 48.5 Å². The molecule has 144 valence electrons. The normalized spacial score (nSPS) is 13.7. The third kappa shape index (κ3) is 4.94. The van der Waals surface area contributed by atoms with Crippen LogP contribution in [0.3, 0.4) is 0 Å². The second-order valence-electron chi connectivity index (χ2n) is 7.27. The molecule has 2 amide bonds. The summed E-state index contributed by atoms with van der Waals surface area (Å²) in [6, 6.07) is 15.7. The van der Waals surface area contributed by atoms with Crippen LogP contribution >= 0.6 is 0 Å². The van der Waals surface area contributed by atoms with Crippen molar-refractivity contribution in [3.63, 3.8) is 0 Å². The first kappa shape index (κ1) is 19.1. The van der Waals surface area contributed by atoms with Crippen molar-refractivity contribution >= 4 is 17.4 Å². The molecule has 5 heteroatoms. The zero-order valence-corrected chi connectivity index (χ0v) is 16.4. The van der Waals surface area contributed by atoms with Crippen molar-refractivity contribution in [1.29, 1.82) is 0 Å². The van der Waals surface area contributed by atoms with Gasteiger partial charge in [0.1, 0.15) is 5.75 Å². The molecule has 3 rings (SSSR count). The van der Waals surface area contributed by atoms with E-state index in [0.717, 1.165) is 13.1 Å². The van der Waals surface area contributed by atoms with Gasteiger partial charge in [0, 0.05) is 32.4 Å². The predicted octanol–water partition coefficient (Wildman–Crippen LogP) is 4.74. The number of carbonyl (C=O) groups is 1. The Bertz CT molecular complexity index is 770. The summed E-state index contributed by atoms with van der Waals surface area (Å²) in [5, 5.41) is 2.97. The lowest BCUT2D eigenvalue weighted by molar-refractivity contribution is 0.219. The smallest absolute Gasteiger partial charge is 0.321 e. The summed E-state index contributed by atoms with van der Waals surface area (Å²) in [6.07, 6.45) is 2.52. The zero-order valence-electron chi connectivity index (χ0n) is 16.4. The van der Waals surface area contributed by atoms with Gasteiger partial charge >= 0.3 is 6.03 Å². The van der Waals surface area contributed by atoms with Crippen molar-refractivity contribution in [3.05, 3.63) is 54.1 Å². The standard InChI is InChI=1S/C22H29N3O2/c1-17(2)27-21-13-7-5-11-19(21)23-22(26)24(3)16-18-10-4-6-12-20(18)25-14-8-9-15-25/h4-7,10-13,17H,8-9,14-16H2,1-3H3,(H,23,26). The van der Waals surface area contributed by atoms with Gasteiger partial charge in [-0.2, -0.15) is 0 Å². The lowest BCUT2D eigenvalue weighted by Gasteiger charge is -2.25. The maximum atomic E-state index is 12.7. The van der Waals surface area contributed by atoms with Gasteiger partial charge in [0.2, 0.25) is 0 Å². The number of hydrogen-bond donors (Lipinski definition) is 1. The molecule has 0 unspecified atom stereocenters. The van der Waals surface area contributed by atoms with Crippen LogP contribution < -0.4 is 15.0 Å². The number of carbonyl (C=O) groups excluding carboxylic acids is 1. The lowest BCUT2D eigenvalue weighted by atomic mass is 10.1. The highest BCUT2D eigenvalue weighted by Crippen LogP contribution is 2.27. The van der Waals surface area contributed by atoms with E-state index in [4.69, 9.17) is 4.74 Å². The van der Waals surface area contributed by atoms with Crippen LogP contribution in [0.2, 0.25) is 0 Å². The Balaban J connectivity index is 1.69. The molecule has 1 N–H and O–H groups in total. The van der Waals surface area contributed by atoms with Crippen LogP contribution in [0.1, 0.15) is 32.3 Å². The van der Waals surface area contributed by atoms with Crippen molar-refractivity contribution in [3.8, 4) is 5.75 Å². The first-order chi connectivity index (χ1) is 13.0. The van der Waals surface area contributed by atoms with Gasteiger partial charge in [-0.1, -0.05) is 30.3 Å². The highest BCUT2D eigenvalue weighted by atomic mass is 16.5. The molecular weight excluding hydrogens is 338 g/mol. The molecule has 2 aromatic rings. The highest BCUT2D eigenvalue weighted by molar-refractivity contribution is 5.90.